The average Bonchev–Trinajstić information content (AvgIpc) is 3.07. The molecule has 1 unspecified atom stereocenters. The molecule has 0 saturated heterocycles. The lowest BCUT2D eigenvalue weighted by atomic mass is 9.96. The topological polar surface area (TPSA) is 82.8 Å². The number of nitrogens with zero attached hydrogens (tertiary/aromatic N) is 3. The molecule has 32 heavy (non-hydrogen) atoms. The number of hydrogen-bond acceptors (Lipinski definition) is 7. The fourth-order valence-corrected chi connectivity index (χ4v) is 4.62. The molecule has 0 fully saturated rings. The molecule has 0 amide bonds. The van der Waals surface area contributed by atoms with Gasteiger partial charge in [-0.2, -0.15) is 0 Å². The van der Waals surface area contributed by atoms with Gasteiger partial charge in [-0.25, -0.2) is 9.79 Å². The molecule has 1 atom stereocenters. The summed E-state index contributed by atoms with van der Waals surface area (Å²) in [4.78, 5) is 35.8. The molecule has 0 bridgehead atoms. The quantitative estimate of drug-likeness (QED) is 0.559. The maximum Gasteiger partial charge on any atom is 0.338 e. The van der Waals surface area contributed by atoms with Crippen molar-refractivity contribution in [3.05, 3.63) is 90.9 Å². The fourth-order valence-electron chi connectivity index (χ4n) is 3.57. The Kier molecular flexibility index (Phi) is 6.05. The summed E-state index contributed by atoms with van der Waals surface area (Å²) in [6.07, 6.45) is 4.86. The number of aromatic nitrogens is 2. The van der Waals surface area contributed by atoms with Crippen molar-refractivity contribution in [2.24, 2.45) is 4.99 Å². The molecule has 1 aliphatic rings. The number of hydrogen-bond donors (Lipinski definition) is 0. The van der Waals surface area contributed by atoms with E-state index in [0.29, 0.717) is 26.4 Å². The molecule has 0 radical (unpaired) electrons. The predicted molar refractivity (Wildman–Crippen MR) is 122 cm³/mol. The lowest BCUT2D eigenvalue weighted by Crippen LogP contribution is -2.40. The lowest BCUT2D eigenvalue weighted by molar-refractivity contribution is -0.143. The van der Waals surface area contributed by atoms with Gasteiger partial charge in [-0.15, -0.1) is 0 Å². The van der Waals surface area contributed by atoms with Gasteiger partial charge >= 0.3 is 5.97 Å². The highest BCUT2D eigenvalue weighted by Gasteiger charge is 2.33. The van der Waals surface area contributed by atoms with Crippen molar-refractivity contribution in [2.45, 2.75) is 32.9 Å². The van der Waals surface area contributed by atoms with Crippen LogP contribution < -0.4 is 19.6 Å². The van der Waals surface area contributed by atoms with Gasteiger partial charge in [-0.05, 0) is 56.2 Å². The number of carbonyl (C=O) groups excluding carboxylic acids is 1. The third kappa shape index (κ3) is 4.13. The second-order valence-corrected chi connectivity index (χ2v) is 8.60. The summed E-state index contributed by atoms with van der Waals surface area (Å²) in [7, 11) is 1.59. The van der Waals surface area contributed by atoms with Crippen LogP contribution in [0, 0.1) is 0 Å². The number of rotatable bonds is 5. The Morgan fingerprint density at radius 2 is 1.97 bits per heavy atom. The van der Waals surface area contributed by atoms with Crippen molar-refractivity contribution >= 4 is 23.4 Å². The minimum Gasteiger partial charge on any atom is -0.497 e. The van der Waals surface area contributed by atoms with Crippen molar-refractivity contribution < 1.29 is 14.3 Å². The van der Waals surface area contributed by atoms with Gasteiger partial charge in [-0.1, -0.05) is 29.5 Å². The number of carbonyl (C=O) groups is 1. The average molecular weight is 450 g/mol. The third-order valence-electron chi connectivity index (χ3n) is 5.00. The molecular weight excluding hydrogens is 426 g/mol. The van der Waals surface area contributed by atoms with Crippen molar-refractivity contribution in [1.82, 2.24) is 9.55 Å². The van der Waals surface area contributed by atoms with Gasteiger partial charge in [0.2, 0.25) is 0 Å². The molecule has 0 saturated carbocycles. The molecule has 7 nitrogen and oxygen atoms in total. The van der Waals surface area contributed by atoms with Crippen molar-refractivity contribution in [3.63, 3.8) is 0 Å². The van der Waals surface area contributed by atoms with Gasteiger partial charge in [0.25, 0.3) is 5.56 Å². The van der Waals surface area contributed by atoms with E-state index in [9.17, 15) is 9.59 Å². The van der Waals surface area contributed by atoms with Crippen LogP contribution in [0.25, 0.3) is 6.08 Å². The maximum absolute atomic E-state index is 13.5. The van der Waals surface area contributed by atoms with Gasteiger partial charge in [0, 0.05) is 12.4 Å². The molecule has 8 heteroatoms. The Morgan fingerprint density at radius 3 is 2.59 bits per heavy atom. The van der Waals surface area contributed by atoms with E-state index >= 15 is 0 Å². The van der Waals surface area contributed by atoms with Crippen LogP contribution in [0.3, 0.4) is 0 Å². The molecule has 164 valence electrons. The van der Waals surface area contributed by atoms with Crippen LogP contribution in [0.2, 0.25) is 0 Å². The second-order valence-electron chi connectivity index (χ2n) is 7.60. The minimum atomic E-state index is -0.653. The number of allylic oxidation sites excluding steroid dienone is 1. The number of fused-ring (bicyclic) bond motifs is 1. The highest BCUT2D eigenvalue weighted by Crippen LogP contribution is 2.31. The van der Waals surface area contributed by atoms with Crippen LogP contribution in [0.4, 0.5) is 0 Å². The molecule has 1 aliphatic heterocycles. The number of pyridine rings is 1. The van der Waals surface area contributed by atoms with Gasteiger partial charge in [0.05, 0.1) is 35.1 Å². The van der Waals surface area contributed by atoms with Gasteiger partial charge < -0.3 is 9.47 Å². The summed E-state index contributed by atoms with van der Waals surface area (Å²) in [5.41, 5.74) is 2.24. The molecule has 2 aromatic heterocycles. The van der Waals surface area contributed by atoms with Crippen LogP contribution in [-0.4, -0.2) is 28.7 Å². The third-order valence-corrected chi connectivity index (χ3v) is 5.98. The highest BCUT2D eigenvalue weighted by molar-refractivity contribution is 7.07. The van der Waals surface area contributed by atoms with Gasteiger partial charge in [-0.3, -0.25) is 14.3 Å². The normalized spacial score (nSPS) is 16.0. The fraction of sp³-hybridized carbons (Fsp3) is 0.250. The van der Waals surface area contributed by atoms with E-state index in [1.165, 1.54) is 11.3 Å². The number of benzene rings is 1. The van der Waals surface area contributed by atoms with Crippen LogP contribution in [0.1, 0.15) is 37.9 Å². The summed E-state index contributed by atoms with van der Waals surface area (Å²) < 4.78 is 12.9. The SMILES string of the molecule is COc1ccc(C2C(C(=O)OC(C)C)=C(C)N=c3sc(=Cc4cccnc4)c(=O)n32)cc1. The Bertz CT molecular complexity index is 1350. The zero-order chi connectivity index (χ0) is 22.8. The first-order valence-corrected chi connectivity index (χ1v) is 11.0. The van der Waals surface area contributed by atoms with E-state index in [2.05, 4.69) is 9.98 Å². The van der Waals surface area contributed by atoms with Crippen LogP contribution >= 0.6 is 11.3 Å². The molecule has 0 N–H and O–H groups in total. The lowest BCUT2D eigenvalue weighted by Gasteiger charge is -2.25. The van der Waals surface area contributed by atoms with E-state index in [-0.39, 0.29) is 11.7 Å². The molecule has 4 rings (SSSR count). The number of methoxy groups -OCH3 is 1. The number of ether oxygens (including phenoxy) is 2. The van der Waals surface area contributed by atoms with Gasteiger partial charge in [0.1, 0.15) is 5.75 Å². The first-order valence-electron chi connectivity index (χ1n) is 10.2. The zero-order valence-electron chi connectivity index (χ0n) is 18.2. The summed E-state index contributed by atoms with van der Waals surface area (Å²) >= 11 is 1.28. The monoisotopic (exact) mass is 449 g/mol. The standard InChI is InChI=1S/C24H23N3O4S/c1-14(2)31-23(29)20-15(3)26-24-27(21(20)17-7-9-18(30-4)10-8-17)22(28)19(32-24)12-16-6-5-11-25-13-16/h5-14,21H,1-4H3. The Hall–Kier alpha value is -3.52. The first-order chi connectivity index (χ1) is 15.4. The summed E-state index contributed by atoms with van der Waals surface area (Å²) in [6, 6.07) is 10.4. The van der Waals surface area contributed by atoms with Crippen molar-refractivity contribution in [2.75, 3.05) is 7.11 Å². The Balaban J connectivity index is 1.94. The van der Waals surface area contributed by atoms with Crippen LogP contribution in [-0.2, 0) is 9.53 Å². The Morgan fingerprint density at radius 1 is 1.22 bits per heavy atom. The van der Waals surface area contributed by atoms with E-state index in [1.54, 1.807) is 50.9 Å². The highest BCUT2D eigenvalue weighted by atomic mass is 32.1. The van der Waals surface area contributed by atoms with E-state index in [0.717, 1.165) is 11.1 Å². The largest absolute Gasteiger partial charge is 0.497 e. The molecule has 0 aliphatic carbocycles. The molecule has 3 heterocycles. The molecule has 1 aromatic carbocycles. The number of thiazole rings is 1. The number of esters is 1. The predicted octanol–water partition coefficient (Wildman–Crippen LogP) is 2.59. The summed E-state index contributed by atoms with van der Waals surface area (Å²) in [6.45, 7) is 5.35. The van der Waals surface area contributed by atoms with E-state index in [1.807, 2.05) is 36.4 Å². The summed E-state index contributed by atoms with van der Waals surface area (Å²) in [5, 5.41) is 0. The molecule has 0 spiro atoms. The maximum atomic E-state index is 13.5. The first kappa shape index (κ1) is 21.7. The smallest absolute Gasteiger partial charge is 0.338 e. The van der Waals surface area contributed by atoms with Crippen LogP contribution in [0.5, 0.6) is 5.75 Å². The van der Waals surface area contributed by atoms with E-state index in [4.69, 9.17) is 9.47 Å². The molecular formula is C24H23N3O4S. The molecule has 3 aromatic rings. The Labute approximate surface area is 189 Å². The van der Waals surface area contributed by atoms with Crippen molar-refractivity contribution in [3.8, 4) is 5.75 Å². The van der Waals surface area contributed by atoms with Crippen LogP contribution in [0.15, 0.2) is 69.8 Å². The summed E-state index contributed by atoms with van der Waals surface area (Å²) in [5.74, 6) is 0.202. The zero-order valence-corrected chi connectivity index (χ0v) is 19.1. The minimum absolute atomic E-state index is 0.222. The van der Waals surface area contributed by atoms with Gasteiger partial charge in [0.15, 0.2) is 4.80 Å². The van der Waals surface area contributed by atoms with E-state index < -0.39 is 12.0 Å². The van der Waals surface area contributed by atoms with Crippen molar-refractivity contribution in [1.29, 1.82) is 0 Å². The second kappa shape index (κ2) is 8.92.